The molecule has 2 unspecified atom stereocenters. The first-order chi connectivity index (χ1) is 5.77. The van der Waals surface area contributed by atoms with E-state index >= 15 is 0 Å². The Morgan fingerprint density at radius 3 is 2.83 bits per heavy atom. The summed E-state index contributed by atoms with van der Waals surface area (Å²) in [5, 5.41) is 0. The molecule has 1 heteroatoms. The molecule has 0 bridgehead atoms. The molecule has 2 fully saturated rings. The van der Waals surface area contributed by atoms with Crippen LogP contribution in [-0.4, -0.2) is 24.5 Å². The molecule has 0 radical (unpaired) electrons. The van der Waals surface area contributed by atoms with E-state index in [9.17, 15) is 0 Å². The molecular formula is C11H21N. The summed E-state index contributed by atoms with van der Waals surface area (Å²) in [5.41, 5.74) is 0. The van der Waals surface area contributed by atoms with Gasteiger partial charge >= 0.3 is 0 Å². The van der Waals surface area contributed by atoms with E-state index in [0.717, 1.165) is 17.9 Å². The van der Waals surface area contributed by atoms with E-state index in [4.69, 9.17) is 0 Å². The fraction of sp³-hybridized carbons (Fsp3) is 1.00. The van der Waals surface area contributed by atoms with Crippen molar-refractivity contribution in [2.45, 2.75) is 45.1 Å². The number of hydrogen-bond donors (Lipinski definition) is 0. The zero-order valence-electron chi connectivity index (χ0n) is 8.42. The lowest BCUT2D eigenvalue weighted by Gasteiger charge is -2.44. The standard InChI is InChI=1S/C11H21N/c1-9-5-6-10-4-3-7-12(2)11(10)8-9/h9-11H,3-8H2,1-2H3/t9-,10?,11?/m1/s1. The summed E-state index contributed by atoms with van der Waals surface area (Å²) in [6.45, 7) is 3.76. The summed E-state index contributed by atoms with van der Waals surface area (Å²) in [4.78, 5) is 2.60. The molecule has 12 heavy (non-hydrogen) atoms. The Balaban J connectivity index is 2.00. The molecule has 3 atom stereocenters. The van der Waals surface area contributed by atoms with Crippen LogP contribution < -0.4 is 0 Å². The fourth-order valence-electron chi connectivity index (χ4n) is 3.06. The minimum Gasteiger partial charge on any atom is -0.303 e. The molecule has 0 aromatic carbocycles. The first-order valence-corrected chi connectivity index (χ1v) is 5.47. The third-order valence-corrected chi connectivity index (χ3v) is 3.87. The van der Waals surface area contributed by atoms with Crippen molar-refractivity contribution in [3.63, 3.8) is 0 Å². The predicted octanol–water partition coefficient (Wildman–Crippen LogP) is 2.52. The fourth-order valence-corrected chi connectivity index (χ4v) is 3.06. The summed E-state index contributed by atoms with van der Waals surface area (Å²) in [6, 6.07) is 0.933. The Bertz CT molecular complexity index is 155. The van der Waals surface area contributed by atoms with Crippen LogP contribution in [-0.2, 0) is 0 Å². The molecule has 1 aliphatic heterocycles. The molecule has 70 valence electrons. The average Bonchev–Trinajstić information content (AvgIpc) is 2.07. The number of fused-ring (bicyclic) bond motifs is 1. The smallest absolute Gasteiger partial charge is 0.0123 e. The van der Waals surface area contributed by atoms with Crippen molar-refractivity contribution in [1.82, 2.24) is 4.90 Å². The monoisotopic (exact) mass is 167 g/mol. The van der Waals surface area contributed by atoms with Crippen molar-refractivity contribution in [3.8, 4) is 0 Å². The number of piperidine rings is 1. The van der Waals surface area contributed by atoms with Crippen LogP contribution in [0.25, 0.3) is 0 Å². The summed E-state index contributed by atoms with van der Waals surface area (Å²) < 4.78 is 0. The number of rotatable bonds is 0. The maximum atomic E-state index is 2.60. The van der Waals surface area contributed by atoms with Crippen LogP contribution in [0.1, 0.15) is 39.0 Å². The van der Waals surface area contributed by atoms with Gasteiger partial charge in [-0.25, -0.2) is 0 Å². The molecule has 1 heterocycles. The zero-order chi connectivity index (χ0) is 8.55. The van der Waals surface area contributed by atoms with E-state index in [1.54, 1.807) is 0 Å². The highest BCUT2D eigenvalue weighted by Gasteiger charge is 2.33. The normalized spacial score (nSPS) is 44.0. The maximum absolute atomic E-state index is 2.60. The molecule has 1 nitrogen and oxygen atoms in total. The first-order valence-electron chi connectivity index (χ1n) is 5.47. The number of likely N-dealkylation sites (tertiary alicyclic amines) is 1. The zero-order valence-corrected chi connectivity index (χ0v) is 8.42. The Morgan fingerprint density at radius 2 is 2.00 bits per heavy atom. The van der Waals surface area contributed by atoms with Crippen molar-refractivity contribution in [1.29, 1.82) is 0 Å². The second-order valence-electron chi connectivity index (χ2n) is 4.87. The molecule has 0 N–H and O–H groups in total. The van der Waals surface area contributed by atoms with Gasteiger partial charge in [-0.1, -0.05) is 13.3 Å². The van der Waals surface area contributed by atoms with Gasteiger partial charge in [-0.3, -0.25) is 0 Å². The molecule has 0 aromatic rings. The van der Waals surface area contributed by atoms with E-state index in [1.807, 2.05) is 0 Å². The van der Waals surface area contributed by atoms with Crippen LogP contribution in [0, 0.1) is 11.8 Å². The van der Waals surface area contributed by atoms with Crippen molar-refractivity contribution >= 4 is 0 Å². The van der Waals surface area contributed by atoms with Gasteiger partial charge in [0.15, 0.2) is 0 Å². The third-order valence-electron chi connectivity index (χ3n) is 3.87. The maximum Gasteiger partial charge on any atom is 0.0123 e. The van der Waals surface area contributed by atoms with Crippen molar-refractivity contribution in [2.24, 2.45) is 11.8 Å². The number of nitrogens with zero attached hydrogens (tertiary/aromatic N) is 1. The lowest BCUT2D eigenvalue weighted by molar-refractivity contribution is 0.0642. The van der Waals surface area contributed by atoms with Crippen LogP contribution in [0.4, 0.5) is 0 Å². The Kier molecular flexibility index (Phi) is 2.40. The van der Waals surface area contributed by atoms with Crippen molar-refractivity contribution in [3.05, 3.63) is 0 Å². The molecule has 1 saturated heterocycles. The molecule has 2 rings (SSSR count). The van der Waals surface area contributed by atoms with Crippen LogP contribution in [0.3, 0.4) is 0 Å². The largest absolute Gasteiger partial charge is 0.303 e. The highest BCUT2D eigenvalue weighted by Crippen LogP contribution is 2.36. The van der Waals surface area contributed by atoms with Crippen molar-refractivity contribution in [2.75, 3.05) is 13.6 Å². The second kappa shape index (κ2) is 3.37. The van der Waals surface area contributed by atoms with Gasteiger partial charge in [0.25, 0.3) is 0 Å². The van der Waals surface area contributed by atoms with E-state index in [-0.39, 0.29) is 0 Å². The summed E-state index contributed by atoms with van der Waals surface area (Å²) >= 11 is 0. The van der Waals surface area contributed by atoms with Gasteiger partial charge in [-0.2, -0.15) is 0 Å². The van der Waals surface area contributed by atoms with E-state index in [2.05, 4.69) is 18.9 Å². The van der Waals surface area contributed by atoms with Gasteiger partial charge in [0.2, 0.25) is 0 Å². The molecule has 1 saturated carbocycles. The van der Waals surface area contributed by atoms with Gasteiger partial charge in [-0.15, -0.1) is 0 Å². The topological polar surface area (TPSA) is 3.24 Å². The van der Waals surface area contributed by atoms with Crippen LogP contribution in [0.2, 0.25) is 0 Å². The summed E-state index contributed by atoms with van der Waals surface area (Å²) in [5.74, 6) is 2.02. The Morgan fingerprint density at radius 1 is 1.17 bits per heavy atom. The molecule has 0 spiro atoms. The Hall–Kier alpha value is -0.0400. The van der Waals surface area contributed by atoms with E-state index < -0.39 is 0 Å². The lowest BCUT2D eigenvalue weighted by Crippen LogP contribution is -2.45. The van der Waals surface area contributed by atoms with Gasteiger partial charge < -0.3 is 4.90 Å². The lowest BCUT2D eigenvalue weighted by atomic mass is 9.74. The highest BCUT2D eigenvalue weighted by molar-refractivity contribution is 4.87. The Labute approximate surface area is 76.1 Å². The minimum atomic E-state index is 0.933. The SMILES string of the molecule is C[C@@H]1CCC2CCCN(C)C2C1. The van der Waals surface area contributed by atoms with E-state index in [1.165, 1.54) is 38.6 Å². The molecule has 1 aliphatic carbocycles. The minimum absolute atomic E-state index is 0.933. The van der Waals surface area contributed by atoms with Gasteiger partial charge in [0.1, 0.15) is 0 Å². The molecule has 2 aliphatic rings. The van der Waals surface area contributed by atoms with Gasteiger partial charge in [0.05, 0.1) is 0 Å². The first kappa shape index (κ1) is 8.55. The third kappa shape index (κ3) is 1.52. The van der Waals surface area contributed by atoms with Crippen LogP contribution >= 0.6 is 0 Å². The van der Waals surface area contributed by atoms with Gasteiger partial charge in [-0.05, 0) is 51.1 Å². The second-order valence-corrected chi connectivity index (χ2v) is 4.87. The highest BCUT2D eigenvalue weighted by atomic mass is 15.1. The summed E-state index contributed by atoms with van der Waals surface area (Å²) in [7, 11) is 2.31. The summed E-state index contributed by atoms with van der Waals surface area (Å²) in [6.07, 6.45) is 7.38. The quantitative estimate of drug-likeness (QED) is 0.536. The van der Waals surface area contributed by atoms with Crippen LogP contribution in [0.5, 0.6) is 0 Å². The number of hydrogen-bond acceptors (Lipinski definition) is 1. The van der Waals surface area contributed by atoms with Crippen LogP contribution in [0.15, 0.2) is 0 Å². The van der Waals surface area contributed by atoms with E-state index in [0.29, 0.717) is 0 Å². The van der Waals surface area contributed by atoms with Crippen molar-refractivity contribution < 1.29 is 0 Å². The molecular weight excluding hydrogens is 146 g/mol. The van der Waals surface area contributed by atoms with Gasteiger partial charge in [0, 0.05) is 6.04 Å². The predicted molar refractivity (Wildman–Crippen MR) is 52.2 cm³/mol. The average molecular weight is 167 g/mol. The molecule has 0 aromatic heterocycles. The molecule has 0 amide bonds.